The summed E-state index contributed by atoms with van der Waals surface area (Å²) in [4.78, 5) is 34.7. The number of carbonyl (C=O) groups excluding carboxylic acids is 2. The SMILES string of the molecule is Cc1nc([C@H](C)NC(=O)c2cc(C(F)(F)F)cc(C(F)(F)F)c2)n(-c2ncc(C(=O)N(C)C)s2)n1. The van der Waals surface area contributed by atoms with Crippen LogP contribution in [0.5, 0.6) is 0 Å². The first-order valence-corrected chi connectivity index (χ1v) is 10.6. The fourth-order valence-corrected chi connectivity index (χ4v) is 3.86. The number of hydrogen-bond acceptors (Lipinski definition) is 6. The highest BCUT2D eigenvalue weighted by atomic mass is 32.1. The van der Waals surface area contributed by atoms with E-state index in [0.29, 0.717) is 17.0 Å². The smallest absolute Gasteiger partial charge is 0.344 e. The summed E-state index contributed by atoms with van der Waals surface area (Å²) in [7, 11) is 3.12. The van der Waals surface area contributed by atoms with E-state index < -0.39 is 41.0 Å². The van der Waals surface area contributed by atoms with Crippen LogP contribution in [-0.4, -0.2) is 50.6 Å². The molecule has 35 heavy (non-hydrogen) atoms. The standard InChI is InChI=1S/C20H18F6N6O2S/c1-9(15-29-10(2)30-32(15)18-27-8-14(35-18)17(34)31(3)4)28-16(33)11-5-12(19(21,22)23)7-13(6-11)20(24,25)26/h5-9H,1-4H3,(H,28,33)/t9-/m0/s1. The number of nitrogens with zero attached hydrogens (tertiary/aromatic N) is 5. The summed E-state index contributed by atoms with van der Waals surface area (Å²) in [6, 6.07) is -0.375. The molecule has 0 aliphatic heterocycles. The second kappa shape index (κ2) is 9.28. The van der Waals surface area contributed by atoms with E-state index in [1.165, 1.54) is 29.6 Å². The fourth-order valence-electron chi connectivity index (χ4n) is 2.97. The molecule has 1 aromatic carbocycles. The Balaban J connectivity index is 1.93. The van der Waals surface area contributed by atoms with Gasteiger partial charge in [-0.3, -0.25) is 9.59 Å². The first-order chi connectivity index (χ1) is 16.1. The van der Waals surface area contributed by atoms with Crippen LogP contribution in [0.3, 0.4) is 0 Å². The summed E-state index contributed by atoms with van der Waals surface area (Å²) in [5.74, 6) is -1.12. The van der Waals surface area contributed by atoms with Gasteiger partial charge in [-0.25, -0.2) is 9.97 Å². The summed E-state index contributed by atoms with van der Waals surface area (Å²) in [5.41, 5.74) is -4.04. The lowest BCUT2D eigenvalue weighted by atomic mass is 10.0. The lowest BCUT2D eigenvalue weighted by Gasteiger charge is -2.16. The van der Waals surface area contributed by atoms with E-state index in [0.717, 1.165) is 11.3 Å². The molecule has 0 aliphatic carbocycles. The summed E-state index contributed by atoms with van der Waals surface area (Å²) < 4.78 is 80.0. The Hall–Kier alpha value is -3.49. The Kier molecular flexibility index (Phi) is 6.93. The van der Waals surface area contributed by atoms with E-state index in [-0.39, 0.29) is 28.8 Å². The highest BCUT2D eigenvalue weighted by Crippen LogP contribution is 2.36. The third-order valence-electron chi connectivity index (χ3n) is 4.61. The Morgan fingerprint density at radius 3 is 2.14 bits per heavy atom. The van der Waals surface area contributed by atoms with E-state index >= 15 is 0 Å². The van der Waals surface area contributed by atoms with Gasteiger partial charge < -0.3 is 10.2 Å². The second-order valence-corrected chi connectivity index (χ2v) is 8.63. The van der Waals surface area contributed by atoms with Crippen molar-refractivity contribution >= 4 is 23.2 Å². The molecule has 2 aromatic heterocycles. The first kappa shape index (κ1) is 26.1. The fraction of sp³-hybridized carbons (Fsp3) is 0.350. The van der Waals surface area contributed by atoms with Gasteiger partial charge in [0.25, 0.3) is 11.8 Å². The molecule has 0 fully saturated rings. The topological polar surface area (TPSA) is 93.0 Å². The third kappa shape index (κ3) is 5.78. The molecule has 8 nitrogen and oxygen atoms in total. The predicted octanol–water partition coefficient (Wildman–Crippen LogP) is 4.26. The second-order valence-electron chi connectivity index (χ2n) is 7.63. The van der Waals surface area contributed by atoms with Gasteiger partial charge >= 0.3 is 12.4 Å². The van der Waals surface area contributed by atoms with Gasteiger partial charge in [0.1, 0.15) is 10.7 Å². The van der Waals surface area contributed by atoms with Crippen LogP contribution < -0.4 is 5.32 Å². The molecular weight excluding hydrogens is 502 g/mol. The number of carbonyl (C=O) groups is 2. The van der Waals surface area contributed by atoms with Crippen molar-refractivity contribution < 1.29 is 35.9 Å². The number of alkyl halides is 6. The number of hydrogen-bond donors (Lipinski definition) is 1. The normalized spacial score (nSPS) is 13.0. The number of thiazole rings is 1. The molecule has 0 saturated carbocycles. The van der Waals surface area contributed by atoms with Gasteiger partial charge in [0, 0.05) is 19.7 Å². The van der Waals surface area contributed by atoms with Crippen molar-refractivity contribution in [1.29, 1.82) is 0 Å². The lowest BCUT2D eigenvalue weighted by molar-refractivity contribution is -0.143. The van der Waals surface area contributed by atoms with Crippen molar-refractivity contribution in [1.82, 2.24) is 30.0 Å². The van der Waals surface area contributed by atoms with Crippen molar-refractivity contribution in [2.45, 2.75) is 32.2 Å². The monoisotopic (exact) mass is 520 g/mol. The van der Waals surface area contributed by atoms with Gasteiger partial charge in [0.15, 0.2) is 5.82 Å². The molecule has 0 spiro atoms. The van der Waals surface area contributed by atoms with Crippen molar-refractivity contribution in [3.8, 4) is 5.13 Å². The molecule has 2 heterocycles. The number of aromatic nitrogens is 4. The molecular formula is C20H18F6N6O2S. The minimum atomic E-state index is -5.09. The van der Waals surface area contributed by atoms with Crippen LogP contribution >= 0.6 is 11.3 Å². The van der Waals surface area contributed by atoms with Gasteiger partial charge in [0.2, 0.25) is 5.13 Å². The molecule has 0 unspecified atom stereocenters. The third-order valence-corrected chi connectivity index (χ3v) is 5.58. The van der Waals surface area contributed by atoms with Crippen molar-refractivity contribution in [3.05, 3.63) is 57.6 Å². The van der Waals surface area contributed by atoms with Crippen molar-refractivity contribution in [2.24, 2.45) is 0 Å². The number of nitrogens with one attached hydrogen (secondary N) is 1. The van der Waals surface area contributed by atoms with Crippen LogP contribution in [0.15, 0.2) is 24.4 Å². The molecule has 0 saturated heterocycles. The maximum absolute atomic E-state index is 13.1. The minimum absolute atomic E-state index is 0.0603. The maximum Gasteiger partial charge on any atom is 0.416 e. The lowest BCUT2D eigenvalue weighted by Crippen LogP contribution is -2.29. The molecule has 188 valence electrons. The molecule has 1 atom stereocenters. The summed E-state index contributed by atoms with van der Waals surface area (Å²) in [6.45, 7) is 2.96. The average molecular weight is 520 g/mol. The van der Waals surface area contributed by atoms with E-state index in [9.17, 15) is 35.9 Å². The Labute approximate surface area is 198 Å². The van der Waals surface area contributed by atoms with Gasteiger partial charge in [-0.15, -0.1) is 5.10 Å². The first-order valence-electron chi connectivity index (χ1n) is 9.79. The Bertz CT molecular complexity index is 1230. The zero-order chi connectivity index (χ0) is 26.3. The zero-order valence-electron chi connectivity index (χ0n) is 18.6. The molecule has 0 aliphatic rings. The van der Waals surface area contributed by atoms with Crippen molar-refractivity contribution in [2.75, 3.05) is 14.1 Å². The molecule has 3 rings (SSSR count). The Morgan fingerprint density at radius 2 is 1.63 bits per heavy atom. The van der Waals surface area contributed by atoms with Gasteiger partial charge in [-0.05, 0) is 32.0 Å². The molecule has 15 heteroatoms. The van der Waals surface area contributed by atoms with Crippen molar-refractivity contribution in [3.63, 3.8) is 0 Å². The van der Waals surface area contributed by atoms with E-state index in [2.05, 4.69) is 20.4 Å². The van der Waals surface area contributed by atoms with Crippen LogP contribution in [0.4, 0.5) is 26.3 Å². The molecule has 2 amide bonds. The number of rotatable bonds is 5. The predicted molar refractivity (Wildman–Crippen MR) is 112 cm³/mol. The molecule has 3 aromatic rings. The van der Waals surface area contributed by atoms with Crippen LogP contribution in [-0.2, 0) is 12.4 Å². The Morgan fingerprint density at radius 1 is 1.06 bits per heavy atom. The van der Waals surface area contributed by atoms with Crippen LogP contribution in [0.2, 0.25) is 0 Å². The highest BCUT2D eigenvalue weighted by Gasteiger charge is 2.37. The van der Waals surface area contributed by atoms with Crippen LogP contribution in [0.25, 0.3) is 5.13 Å². The highest BCUT2D eigenvalue weighted by molar-refractivity contribution is 7.16. The minimum Gasteiger partial charge on any atom is -0.344 e. The van der Waals surface area contributed by atoms with E-state index in [4.69, 9.17) is 0 Å². The number of aryl methyl sites for hydroxylation is 1. The molecule has 0 radical (unpaired) electrons. The van der Waals surface area contributed by atoms with Gasteiger partial charge in [0.05, 0.1) is 23.4 Å². The summed E-state index contributed by atoms with van der Waals surface area (Å²) in [5, 5.41) is 6.75. The quantitative estimate of drug-likeness (QED) is 0.508. The van der Waals surface area contributed by atoms with Crippen LogP contribution in [0.1, 0.15) is 55.8 Å². The average Bonchev–Trinajstić information content (AvgIpc) is 3.38. The maximum atomic E-state index is 13.1. The number of halogens is 6. The van der Waals surface area contributed by atoms with Gasteiger partial charge in [-0.2, -0.15) is 31.0 Å². The molecule has 1 N–H and O–H groups in total. The van der Waals surface area contributed by atoms with Crippen LogP contribution in [0, 0.1) is 6.92 Å². The van der Waals surface area contributed by atoms with E-state index in [1.807, 2.05) is 0 Å². The zero-order valence-corrected chi connectivity index (χ0v) is 19.4. The number of amides is 2. The molecule has 0 bridgehead atoms. The largest absolute Gasteiger partial charge is 0.416 e. The summed E-state index contributed by atoms with van der Waals surface area (Å²) >= 11 is 0.987. The summed E-state index contributed by atoms with van der Waals surface area (Å²) in [6.07, 6.45) is -8.86. The van der Waals surface area contributed by atoms with Gasteiger partial charge in [-0.1, -0.05) is 11.3 Å². The number of benzene rings is 1. The van der Waals surface area contributed by atoms with E-state index in [1.54, 1.807) is 14.1 Å².